The van der Waals surface area contributed by atoms with Gasteiger partial charge in [-0.15, -0.1) is 24.0 Å². The molecule has 0 heterocycles. The Morgan fingerprint density at radius 3 is 2.67 bits per heavy atom. The fourth-order valence-corrected chi connectivity index (χ4v) is 2.43. The standard InChI is InChI=1S/C18H27F2N3O3.HI/c1-21-18(23(2)8-9-25-12-13-4-5-13)22-11-14-6-7-15(24-3)16(10-14)26-17(19)20;/h6-7,10,13,17H,4-5,8-9,11-12H2,1-3H3,(H,21,22);1H. The van der Waals surface area contributed by atoms with E-state index in [2.05, 4.69) is 15.0 Å². The Morgan fingerprint density at radius 1 is 1.33 bits per heavy atom. The summed E-state index contributed by atoms with van der Waals surface area (Å²) >= 11 is 0. The average molecular weight is 499 g/mol. The molecule has 0 atom stereocenters. The Balaban J connectivity index is 0.00000364. The summed E-state index contributed by atoms with van der Waals surface area (Å²) in [6.45, 7) is -0.291. The lowest BCUT2D eigenvalue weighted by Gasteiger charge is -2.22. The first-order chi connectivity index (χ1) is 12.5. The monoisotopic (exact) mass is 499 g/mol. The number of hydrogen-bond donors (Lipinski definition) is 1. The Bertz CT molecular complexity index is 601. The minimum Gasteiger partial charge on any atom is -0.493 e. The number of aliphatic imine (C=N–C) groups is 1. The highest BCUT2D eigenvalue weighted by Gasteiger charge is 2.21. The highest BCUT2D eigenvalue weighted by Crippen LogP contribution is 2.29. The van der Waals surface area contributed by atoms with Gasteiger partial charge in [0.25, 0.3) is 0 Å². The number of alkyl halides is 2. The predicted octanol–water partition coefficient (Wildman–Crippen LogP) is 3.35. The Labute approximate surface area is 176 Å². The van der Waals surface area contributed by atoms with Crippen LogP contribution in [0.15, 0.2) is 23.2 Å². The smallest absolute Gasteiger partial charge is 0.387 e. The fraction of sp³-hybridized carbons (Fsp3) is 0.611. The molecule has 1 aromatic carbocycles. The Morgan fingerprint density at radius 2 is 2.07 bits per heavy atom. The third kappa shape index (κ3) is 8.46. The number of hydrogen-bond acceptors (Lipinski definition) is 4. The lowest BCUT2D eigenvalue weighted by molar-refractivity contribution is -0.0512. The molecular formula is C18H28F2IN3O3. The second-order valence-electron chi connectivity index (χ2n) is 6.20. The van der Waals surface area contributed by atoms with E-state index in [0.29, 0.717) is 19.1 Å². The summed E-state index contributed by atoms with van der Waals surface area (Å²) in [7, 11) is 5.03. The molecule has 9 heteroatoms. The van der Waals surface area contributed by atoms with Crippen LogP contribution >= 0.6 is 24.0 Å². The number of ether oxygens (including phenoxy) is 3. The summed E-state index contributed by atoms with van der Waals surface area (Å²) < 4.78 is 40.2. The number of methoxy groups -OCH3 is 1. The zero-order valence-corrected chi connectivity index (χ0v) is 18.2. The van der Waals surface area contributed by atoms with Crippen molar-refractivity contribution in [3.05, 3.63) is 23.8 Å². The maximum atomic E-state index is 12.5. The van der Waals surface area contributed by atoms with Gasteiger partial charge >= 0.3 is 6.61 Å². The molecular weight excluding hydrogens is 471 g/mol. The van der Waals surface area contributed by atoms with E-state index < -0.39 is 6.61 Å². The summed E-state index contributed by atoms with van der Waals surface area (Å²) in [5.41, 5.74) is 0.779. The van der Waals surface area contributed by atoms with Gasteiger partial charge in [-0.1, -0.05) is 6.07 Å². The number of benzene rings is 1. The molecule has 0 saturated heterocycles. The highest BCUT2D eigenvalue weighted by molar-refractivity contribution is 14.0. The summed E-state index contributed by atoms with van der Waals surface area (Å²) in [6, 6.07) is 4.92. The van der Waals surface area contributed by atoms with E-state index in [1.165, 1.54) is 26.0 Å². The van der Waals surface area contributed by atoms with Crippen LogP contribution in [-0.2, 0) is 11.3 Å². The van der Waals surface area contributed by atoms with Crippen molar-refractivity contribution < 1.29 is 23.0 Å². The maximum Gasteiger partial charge on any atom is 0.387 e. The van der Waals surface area contributed by atoms with E-state index in [1.54, 1.807) is 19.2 Å². The van der Waals surface area contributed by atoms with Gasteiger partial charge in [0.1, 0.15) is 0 Å². The van der Waals surface area contributed by atoms with Gasteiger partial charge in [-0.3, -0.25) is 4.99 Å². The van der Waals surface area contributed by atoms with Crippen molar-refractivity contribution >= 4 is 29.9 Å². The van der Waals surface area contributed by atoms with Crippen molar-refractivity contribution in [2.24, 2.45) is 10.9 Å². The molecule has 0 aromatic heterocycles. The molecule has 0 bridgehead atoms. The summed E-state index contributed by atoms with van der Waals surface area (Å²) in [6.07, 6.45) is 2.55. The molecule has 0 spiro atoms. The van der Waals surface area contributed by atoms with Crippen molar-refractivity contribution in [1.29, 1.82) is 0 Å². The van der Waals surface area contributed by atoms with Crippen LogP contribution in [0.25, 0.3) is 0 Å². The number of likely N-dealkylation sites (N-methyl/N-ethyl adjacent to an activating group) is 1. The second kappa shape index (κ2) is 12.2. The normalized spacial score (nSPS) is 13.9. The first kappa shape index (κ1) is 23.7. The molecule has 1 saturated carbocycles. The average Bonchev–Trinajstić information content (AvgIpc) is 3.43. The van der Waals surface area contributed by atoms with Crippen LogP contribution in [0.4, 0.5) is 8.78 Å². The van der Waals surface area contributed by atoms with E-state index in [-0.39, 0.29) is 35.5 Å². The van der Waals surface area contributed by atoms with Crippen LogP contribution < -0.4 is 14.8 Å². The molecule has 1 fully saturated rings. The number of nitrogens with zero attached hydrogens (tertiary/aromatic N) is 2. The second-order valence-corrected chi connectivity index (χ2v) is 6.20. The van der Waals surface area contributed by atoms with E-state index in [9.17, 15) is 8.78 Å². The first-order valence-corrected chi connectivity index (χ1v) is 8.64. The molecule has 2 rings (SSSR count). The SMILES string of the molecule is CN=C(NCc1ccc(OC)c(OC(F)F)c1)N(C)CCOCC1CC1.I. The van der Waals surface area contributed by atoms with Gasteiger partial charge in [0.2, 0.25) is 0 Å². The fourth-order valence-electron chi connectivity index (χ4n) is 2.43. The zero-order valence-electron chi connectivity index (χ0n) is 15.9. The molecule has 154 valence electrons. The van der Waals surface area contributed by atoms with Crippen molar-refractivity contribution in [1.82, 2.24) is 10.2 Å². The van der Waals surface area contributed by atoms with E-state index in [0.717, 1.165) is 24.6 Å². The molecule has 0 radical (unpaired) electrons. The summed E-state index contributed by atoms with van der Waals surface area (Å²) in [5.74, 6) is 1.73. The lowest BCUT2D eigenvalue weighted by atomic mass is 10.2. The third-order valence-corrected chi connectivity index (χ3v) is 4.09. The maximum absolute atomic E-state index is 12.5. The molecule has 1 aromatic rings. The van der Waals surface area contributed by atoms with Crippen molar-refractivity contribution in [2.45, 2.75) is 26.0 Å². The topological polar surface area (TPSA) is 55.3 Å². The molecule has 27 heavy (non-hydrogen) atoms. The molecule has 1 aliphatic carbocycles. The number of guanidine groups is 1. The van der Waals surface area contributed by atoms with E-state index in [1.807, 2.05) is 11.9 Å². The van der Waals surface area contributed by atoms with Crippen LogP contribution in [-0.4, -0.2) is 58.4 Å². The number of rotatable bonds is 10. The number of nitrogens with one attached hydrogen (secondary N) is 1. The van der Waals surface area contributed by atoms with Crippen molar-refractivity contribution in [3.8, 4) is 11.5 Å². The third-order valence-electron chi connectivity index (χ3n) is 4.09. The Hall–Kier alpha value is -1.36. The minimum atomic E-state index is -2.90. The van der Waals surface area contributed by atoms with Gasteiger partial charge in [0.15, 0.2) is 17.5 Å². The molecule has 0 amide bonds. The van der Waals surface area contributed by atoms with E-state index in [4.69, 9.17) is 9.47 Å². The van der Waals surface area contributed by atoms with Crippen LogP contribution in [0, 0.1) is 5.92 Å². The van der Waals surface area contributed by atoms with Gasteiger partial charge in [0.05, 0.1) is 13.7 Å². The largest absolute Gasteiger partial charge is 0.493 e. The summed E-state index contributed by atoms with van der Waals surface area (Å²) in [4.78, 5) is 6.20. The quantitative estimate of drug-likeness (QED) is 0.232. The summed E-state index contributed by atoms with van der Waals surface area (Å²) in [5, 5.41) is 3.20. The molecule has 1 N–H and O–H groups in total. The van der Waals surface area contributed by atoms with Gasteiger partial charge in [-0.05, 0) is 36.5 Å². The molecule has 0 aliphatic heterocycles. The highest BCUT2D eigenvalue weighted by atomic mass is 127. The first-order valence-electron chi connectivity index (χ1n) is 8.64. The Kier molecular flexibility index (Phi) is 10.7. The van der Waals surface area contributed by atoms with Crippen LogP contribution in [0.2, 0.25) is 0 Å². The molecule has 0 unspecified atom stereocenters. The minimum absolute atomic E-state index is 0. The van der Waals surface area contributed by atoms with Crippen LogP contribution in [0.3, 0.4) is 0 Å². The number of halogens is 3. The molecule has 1 aliphatic rings. The van der Waals surface area contributed by atoms with Gasteiger partial charge in [-0.2, -0.15) is 8.78 Å². The van der Waals surface area contributed by atoms with E-state index >= 15 is 0 Å². The van der Waals surface area contributed by atoms with Crippen molar-refractivity contribution in [2.75, 3.05) is 41.0 Å². The zero-order chi connectivity index (χ0) is 18.9. The van der Waals surface area contributed by atoms with Crippen molar-refractivity contribution in [3.63, 3.8) is 0 Å². The van der Waals surface area contributed by atoms with Crippen LogP contribution in [0.1, 0.15) is 18.4 Å². The predicted molar refractivity (Wildman–Crippen MR) is 111 cm³/mol. The van der Waals surface area contributed by atoms with Gasteiger partial charge < -0.3 is 24.4 Å². The molecule has 6 nitrogen and oxygen atoms in total. The van der Waals surface area contributed by atoms with Crippen LogP contribution in [0.5, 0.6) is 11.5 Å². The van der Waals surface area contributed by atoms with Gasteiger partial charge in [-0.25, -0.2) is 0 Å². The van der Waals surface area contributed by atoms with Gasteiger partial charge in [0, 0.05) is 33.8 Å². The lowest BCUT2D eigenvalue weighted by Crippen LogP contribution is -2.40.